The van der Waals surface area contributed by atoms with E-state index >= 15 is 0 Å². The van der Waals surface area contributed by atoms with Crippen molar-refractivity contribution in [3.63, 3.8) is 0 Å². The topological polar surface area (TPSA) is 46.9 Å². The third-order valence-corrected chi connectivity index (χ3v) is 5.22. The van der Waals surface area contributed by atoms with E-state index in [9.17, 15) is 9.18 Å². The van der Waals surface area contributed by atoms with E-state index in [0.29, 0.717) is 31.0 Å². The summed E-state index contributed by atoms with van der Waals surface area (Å²) >= 11 is 6.01. The van der Waals surface area contributed by atoms with Crippen molar-refractivity contribution in [2.24, 2.45) is 0 Å². The second kappa shape index (κ2) is 9.09. The molecule has 4 aromatic rings. The van der Waals surface area contributed by atoms with Crippen LogP contribution in [0.5, 0.6) is 0 Å². The van der Waals surface area contributed by atoms with Crippen molar-refractivity contribution in [3.8, 4) is 0 Å². The summed E-state index contributed by atoms with van der Waals surface area (Å²) in [6.07, 6.45) is 1.39. The molecule has 0 atom stereocenters. The molecular formula is C24H21ClFN3O. The summed E-state index contributed by atoms with van der Waals surface area (Å²) in [6, 6.07) is 21.8. The van der Waals surface area contributed by atoms with Crippen molar-refractivity contribution in [1.82, 2.24) is 14.9 Å². The summed E-state index contributed by atoms with van der Waals surface area (Å²) < 4.78 is 15.9. The molecule has 152 valence electrons. The number of amides is 1. The standard InChI is InChI=1S/C24H21ClFN3O/c25-18-13-11-17(12-14-18)16-29-22-9-4-3-8-21(22)28-23(29)10-5-15-27-24(30)19-6-1-2-7-20(19)26/h1-4,6-9,11-14H,5,10,15-16H2,(H,27,30). The van der Waals surface area contributed by atoms with E-state index in [1.165, 1.54) is 12.1 Å². The Morgan fingerprint density at radius 2 is 1.73 bits per heavy atom. The highest BCUT2D eigenvalue weighted by Crippen LogP contribution is 2.20. The molecule has 0 fully saturated rings. The number of nitrogens with zero attached hydrogens (tertiary/aromatic N) is 2. The van der Waals surface area contributed by atoms with E-state index in [1.807, 2.05) is 42.5 Å². The first-order valence-electron chi connectivity index (χ1n) is 9.83. The molecule has 4 nitrogen and oxygen atoms in total. The van der Waals surface area contributed by atoms with Gasteiger partial charge in [0, 0.05) is 24.5 Å². The Morgan fingerprint density at radius 1 is 1.00 bits per heavy atom. The summed E-state index contributed by atoms with van der Waals surface area (Å²) in [5, 5.41) is 3.50. The number of fused-ring (bicyclic) bond motifs is 1. The van der Waals surface area contributed by atoms with E-state index in [-0.39, 0.29) is 5.56 Å². The van der Waals surface area contributed by atoms with Crippen LogP contribution in [0.2, 0.25) is 5.02 Å². The van der Waals surface area contributed by atoms with E-state index in [2.05, 4.69) is 16.0 Å². The lowest BCUT2D eigenvalue weighted by atomic mass is 10.2. The molecule has 0 saturated carbocycles. The summed E-state index contributed by atoms with van der Waals surface area (Å²) in [5.41, 5.74) is 3.21. The van der Waals surface area contributed by atoms with Gasteiger partial charge in [0.1, 0.15) is 11.6 Å². The molecule has 6 heteroatoms. The van der Waals surface area contributed by atoms with Gasteiger partial charge in [0.05, 0.1) is 16.6 Å². The van der Waals surface area contributed by atoms with E-state index < -0.39 is 11.7 Å². The van der Waals surface area contributed by atoms with Gasteiger partial charge in [-0.25, -0.2) is 9.37 Å². The molecule has 0 radical (unpaired) electrons. The number of benzene rings is 3. The van der Waals surface area contributed by atoms with Crippen molar-refractivity contribution < 1.29 is 9.18 Å². The van der Waals surface area contributed by atoms with Gasteiger partial charge in [-0.2, -0.15) is 0 Å². The molecule has 0 aliphatic carbocycles. The normalized spacial score (nSPS) is 11.0. The molecule has 0 aliphatic heterocycles. The fraction of sp³-hybridized carbons (Fsp3) is 0.167. The lowest BCUT2D eigenvalue weighted by Gasteiger charge is -2.10. The highest BCUT2D eigenvalue weighted by atomic mass is 35.5. The minimum absolute atomic E-state index is 0.0625. The molecule has 3 aromatic carbocycles. The molecule has 1 amide bonds. The molecule has 0 unspecified atom stereocenters. The van der Waals surface area contributed by atoms with E-state index in [4.69, 9.17) is 16.6 Å². The van der Waals surface area contributed by atoms with Crippen LogP contribution in [-0.2, 0) is 13.0 Å². The second-order valence-corrected chi connectivity index (χ2v) is 7.51. The Hall–Kier alpha value is -3.18. The van der Waals surface area contributed by atoms with Crippen LogP contribution in [0.25, 0.3) is 11.0 Å². The van der Waals surface area contributed by atoms with Crippen LogP contribution in [0.15, 0.2) is 72.8 Å². The first-order valence-corrected chi connectivity index (χ1v) is 10.2. The predicted molar refractivity (Wildman–Crippen MR) is 117 cm³/mol. The number of nitrogens with one attached hydrogen (secondary N) is 1. The van der Waals surface area contributed by atoms with Gasteiger partial charge in [-0.15, -0.1) is 0 Å². The molecule has 1 heterocycles. The highest BCUT2D eigenvalue weighted by molar-refractivity contribution is 6.30. The number of aromatic nitrogens is 2. The van der Waals surface area contributed by atoms with Gasteiger partial charge in [-0.3, -0.25) is 4.79 Å². The van der Waals surface area contributed by atoms with Crippen molar-refractivity contribution in [1.29, 1.82) is 0 Å². The molecule has 0 spiro atoms. The molecule has 0 saturated heterocycles. The molecule has 30 heavy (non-hydrogen) atoms. The number of aryl methyl sites for hydroxylation is 1. The maximum Gasteiger partial charge on any atom is 0.254 e. The Morgan fingerprint density at radius 3 is 2.53 bits per heavy atom. The van der Waals surface area contributed by atoms with Gasteiger partial charge in [0.15, 0.2) is 0 Å². The number of rotatable bonds is 7. The highest BCUT2D eigenvalue weighted by Gasteiger charge is 2.12. The molecule has 1 N–H and O–H groups in total. The maximum atomic E-state index is 13.7. The van der Waals surface area contributed by atoms with Crippen molar-refractivity contribution in [3.05, 3.63) is 101 Å². The van der Waals surface area contributed by atoms with Crippen molar-refractivity contribution >= 4 is 28.5 Å². The van der Waals surface area contributed by atoms with Crippen LogP contribution in [0.3, 0.4) is 0 Å². The smallest absolute Gasteiger partial charge is 0.254 e. The molecular weight excluding hydrogens is 401 g/mol. The Kier molecular flexibility index (Phi) is 6.10. The molecule has 0 aliphatic rings. The van der Waals surface area contributed by atoms with Gasteiger partial charge in [-0.05, 0) is 48.4 Å². The Balaban J connectivity index is 1.45. The van der Waals surface area contributed by atoms with Crippen LogP contribution >= 0.6 is 11.6 Å². The monoisotopic (exact) mass is 421 g/mol. The minimum atomic E-state index is -0.514. The van der Waals surface area contributed by atoms with Gasteiger partial charge in [-0.1, -0.05) is 48.0 Å². The van der Waals surface area contributed by atoms with E-state index in [0.717, 1.165) is 22.4 Å². The van der Waals surface area contributed by atoms with Crippen LogP contribution in [0, 0.1) is 5.82 Å². The summed E-state index contributed by atoms with van der Waals surface area (Å²) in [6.45, 7) is 1.13. The van der Waals surface area contributed by atoms with Crippen LogP contribution in [0.4, 0.5) is 4.39 Å². The lowest BCUT2D eigenvalue weighted by molar-refractivity contribution is 0.0949. The quantitative estimate of drug-likeness (QED) is 0.415. The number of imidazole rings is 1. The SMILES string of the molecule is O=C(NCCCc1nc2ccccc2n1Cc1ccc(Cl)cc1)c1ccccc1F. The third kappa shape index (κ3) is 4.52. The lowest BCUT2D eigenvalue weighted by Crippen LogP contribution is -2.25. The average molecular weight is 422 g/mol. The van der Waals surface area contributed by atoms with Gasteiger partial charge in [0.2, 0.25) is 0 Å². The summed E-state index contributed by atoms with van der Waals surface area (Å²) in [5.74, 6) is 0.0359. The van der Waals surface area contributed by atoms with E-state index in [1.54, 1.807) is 12.1 Å². The first-order chi connectivity index (χ1) is 14.6. The maximum absolute atomic E-state index is 13.7. The van der Waals surface area contributed by atoms with Crippen LogP contribution < -0.4 is 5.32 Å². The largest absolute Gasteiger partial charge is 0.352 e. The van der Waals surface area contributed by atoms with Gasteiger partial charge >= 0.3 is 0 Å². The summed E-state index contributed by atoms with van der Waals surface area (Å²) in [7, 11) is 0. The Labute approximate surface area is 179 Å². The van der Waals surface area contributed by atoms with Gasteiger partial charge in [0.25, 0.3) is 5.91 Å². The number of hydrogen-bond acceptors (Lipinski definition) is 2. The van der Waals surface area contributed by atoms with Crippen LogP contribution in [0.1, 0.15) is 28.2 Å². The third-order valence-electron chi connectivity index (χ3n) is 4.97. The second-order valence-electron chi connectivity index (χ2n) is 7.07. The fourth-order valence-electron chi connectivity index (χ4n) is 3.45. The zero-order chi connectivity index (χ0) is 20.9. The zero-order valence-corrected chi connectivity index (χ0v) is 17.1. The molecule has 4 rings (SSSR count). The minimum Gasteiger partial charge on any atom is -0.352 e. The van der Waals surface area contributed by atoms with Crippen molar-refractivity contribution in [2.45, 2.75) is 19.4 Å². The zero-order valence-electron chi connectivity index (χ0n) is 16.3. The number of hydrogen-bond donors (Lipinski definition) is 1. The predicted octanol–water partition coefficient (Wildman–Crippen LogP) is 5.24. The summed E-state index contributed by atoms with van der Waals surface area (Å²) in [4.78, 5) is 17.0. The fourth-order valence-corrected chi connectivity index (χ4v) is 3.58. The van der Waals surface area contributed by atoms with Crippen LogP contribution in [-0.4, -0.2) is 22.0 Å². The van der Waals surface area contributed by atoms with Crippen molar-refractivity contribution in [2.75, 3.05) is 6.54 Å². The number of carbonyl (C=O) groups is 1. The average Bonchev–Trinajstić information content (AvgIpc) is 3.10. The number of carbonyl (C=O) groups excluding carboxylic acids is 1. The first kappa shape index (κ1) is 20.1. The molecule has 0 bridgehead atoms. The molecule has 1 aromatic heterocycles. The number of halogens is 2. The Bertz CT molecular complexity index is 1170. The van der Waals surface area contributed by atoms with Gasteiger partial charge < -0.3 is 9.88 Å². The number of para-hydroxylation sites is 2.